The fraction of sp³-hybridized carbons (Fsp3) is 0.156. The van der Waals surface area contributed by atoms with E-state index < -0.39 is 41.5 Å². The molecule has 12 heteroatoms. The van der Waals surface area contributed by atoms with Crippen LogP contribution in [0.15, 0.2) is 101 Å². The Hall–Kier alpha value is -5.70. The second-order valence-corrected chi connectivity index (χ2v) is 10.0. The molecule has 0 saturated heterocycles. The Morgan fingerprint density at radius 3 is 2.34 bits per heavy atom. The number of nitrogens with zero attached hydrogens (tertiary/aromatic N) is 5. The molecule has 9 nitrogen and oxygen atoms in total. The fourth-order valence-corrected chi connectivity index (χ4v) is 4.94. The van der Waals surface area contributed by atoms with Crippen LogP contribution in [0.25, 0.3) is 22.6 Å². The standard InChI is InChI=1S/C32H25F3N6O3/c1-20(23-7-4-3-5-8-23)38-28(42)19-39-30(43)29(27-15-16-37-41(27)25-13-11-22(18-36)12-14-25)21(2)40(31(39)44)26-10-6-9-24(17-26)32(33,34)35/h3-17,20H,19H2,1-2H3,(H,38,42). The maximum absolute atomic E-state index is 14.0. The van der Waals surface area contributed by atoms with Crippen molar-refractivity contribution in [1.29, 1.82) is 5.26 Å². The van der Waals surface area contributed by atoms with Crippen molar-refractivity contribution in [2.75, 3.05) is 0 Å². The Labute approximate surface area is 249 Å². The van der Waals surface area contributed by atoms with E-state index in [2.05, 4.69) is 10.4 Å². The minimum Gasteiger partial charge on any atom is -0.348 e. The number of hydrogen-bond acceptors (Lipinski definition) is 5. The molecule has 0 spiro atoms. The summed E-state index contributed by atoms with van der Waals surface area (Å²) in [6.07, 6.45) is -3.27. The number of amides is 1. The molecule has 3 aromatic carbocycles. The second-order valence-electron chi connectivity index (χ2n) is 10.0. The topological polar surface area (TPSA) is 115 Å². The monoisotopic (exact) mass is 598 g/mol. The van der Waals surface area contributed by atoms with Crippen LogP contribution in [0.3, 0.4) is 0 Å². The first-order valence-corrected chi connectivity index (χ1v) is 13.4. The molecule has 5 aromatic rings. The van der Waals surface area contributed by atoms with Gasteiger partial charge in [0.05, 0.1) is 52.1 Å². The number of hydrogen-bond donors (Lipinski definition) is 1. The summed E-state index contributed by atoms with van der Waals surface area (Å²) in [6.45, 7) is 2.50. The number of nitrogens with one attached hydrogen (secondary N) is 1. The predicted octanol–water partition coefficient (Wildman–Crippen LogP) is 4.93. The third-order valence-corrected chi connectivity index (χ3v) is 7.13. The van der Waals surface area contributed by atoms with Gasteiger partial charge in [0.1, 0.15) is 6.54 Å². The molecule has 0 saturated carbocycles. The van der Waals surface area contributed by atoms with Gasteiger partial charge in [0.2, 0.25) is 5.91 Å². The molecule has 5 rings (SSSR count). The lowest BCUT2D eigenvalue weighted by Crippen LogP contribution is -2.45. The van der Waals surface area contributed by atoms with Crippen LogP contribution < -0.4 is 16.6 Å². The van der Waals surface area contributed by atoms with Gasteiger partial charge >= 0.3 is 11.9 Å². The summed E-state index contributed by atoms with van der Waals surface area (Å²) in [5, 5.41) is 16.2. The minimum atomic E-state index is -4.69. The summed E-state index contributed by atoms with van der Waals surface area (Å²) in [6, 6.07) is 22.7. The van der Waals surface area contributed by atoms with Crippen molar-refractivity contribution < 1.29 is 18.0 Å². The lowest BCUT2D eigenvalue weighted by atomic mass is 10.1. The smallest absolute Gasteiger partial charge is 0.348 e. The third-order valence-electron chi connectivity index (χ3n) is 7.13. The van der Waals surface area contributed by atoms with Crippen LogP contribution in [0.4, 0.5) is 13.2 Å². The van der Waals surface area contributed by atoms with Gasteiger partial charge in [0, 0.05) is 5.69 Å². The first-order chi connectivity index (χ1) is 21.0. The molecule has 0 aliphatic carbocycles. The molecule has 44 heavy (non-hydrogen) atoms. The molecule has 2 heterocycles. The van der Waals surface area contributed by atoms with Gasteiger partial charge in [-0.3, -0.25) is 14.2 Å². The van der Waals surface area contributed by atoms with E-state index in [0.717, 1.165) is 28.3 Å². The number of nitriles is 1. The Balaban J connectivity index is 1.69. The summed E-state index contributed by atoms with van der Waals surface area (Å²) >= 11 is 0. The summed E-state index contributed by atoms with van der Waals surface area (Å²) in [7, 11) is 0. The van der Waals surface area contributed by atoms with Crippen LogP contribution in [-0.2, 0) is 17.5 Å². The molecule has 2 aromatic heterocycles. The lowest BCUT2D eigenvalue weighted by molar-refractivity contribution is -0.137. The normalized spacial score (nSPS) is 12.0. The number of aromatic nitrogens is 4. The van der Waals surface area contributed by atoms with Gasteiger partial charge in [0.25, 0.3) is 5.56 Å². The van der Waals surface area contributed by atoms with Crippen molar-refractivity contribution in [2.45, 2.75) is 32.6 Å². The molecule has 0 aliphatic heterocycles. The van der Waals surface area contributed by atoms with E-state index in [4.69, 9.17) is 5.26 Å². The molecular weight excluding hydrogens is 573 g/mol. The molecule has 1 N–H and O–H groups in total. The molecular formula is C32H25F3N6O3. The number of benzene rings is 3. The molecule has 0 bridgehead atoms. The zero-order valence-corrected chi connectivity index (χ0v) is 23.5. The van der Waals surface area contributed by atoms with Gasteiger partial charge in [0.15, 0.2) is 0 Å². The van der Waals surface area contributed by atoms with E-state index in [0.29, 0.717) is 15.8 Å². The number of alkyl halides is 3. The predicted molar refractivity (Wildman–Crippen MR) is 156 cm³/mol. The molecule has 222 valence electrons. The Kier molecular flexibility index (Phi) is 8.05. The molecule has 1 amide bonds. The summed E-state index contributed by atoms with van der Waals surface area (Å²) in [5.41, 5.74) is -1.03. The average Bonchev–Trinajstić information content (AvgIpc) is 3.49. The van der Waals surface area contributed by atoms with E-state index in [1.54, 1.807) is 43.3 Å². The van der Waals surface area contributed by atoms with Gasteiger partial charge in [-0.25, -0.2) is 14.0 Å². The first-order valence-electron chi connectivity index (χ1n) is 13.4. The number of rotatable bonds is 7. The Morgan fingerprint density at radius 1 is 0.977 bits per heavy atom. The van der Waals surface area contributed by atoms with Crippen molar-refractivity contribution >= 4 is 5.91 Å². The number of carbonyl (C=O) groups excluding carboxylic acids is 1. The van der Waals surface area contributed by atoms with E-state index in [1.807, 2.05) is 24.3 Å². The van der Waals surface area contributed by atoms with Crippen molar-refractivity contribution in [3.8, 4) is 28.7 Å². The van der Waals surface area contributed by atoms with Crippen molar-refractivity contribution in [2.24, 2.45) is 0 Å². The molecule has 1 unspecified atom stereocenters. The van der Waals surface area contributed by atoms with Gasteiger partial charge < -0.3 is 5.32 Å². The SMILES string of the molecule is Cc1c(-c2ccnn2-c2ccc(C#N)cc2)c(=O)n(CC(=O)NC(C)c2ccccc2)c(=O)n1-c1cccc(C(F)(F)F)c1. The summed E-state index contributed by atoms with van der Waals surface area (Å²) in [4.78, 5) is 41.0. The van der Waals surface area contributed by atoms with Crippen molar-refractivity contribution in [3.63, 3.8) is 0 Å². The van der Waals surface area contributed by atoms with E-state index >= 15 is 0 Å². The van der Waals surface area contributed by atoms with Crippen molar-refractivity contribution in [3.05, 3.63) is 134 Å². The number of halogens is 3. The van der Waals surface area contributed by atoms with E-state index in [-0.39, 0.29) is 22.6 Å². The van der Waals surface area contributed by atoms with Crippen molar-refractivity contribution in [1.82, 2.24) is 24.2 Å². The fourth-order valence-electron chi connectivity index (χ4n) is 4.94. The Morgan fingerprint density at radius 2 is 1.68 bits per heavy atom. The third kappa shape index (κ3) is 5.80. The molecule has 1 atom stereocenters. The Bertz CT molecular complexity index is 2000. The largest absolute Gasteiger partial charge is 0.416 e. The highest BCUT2D eigenvalue weighted by atomic mass is 19.4. The maximum atomic E-state index is 14.0. The average molecular weight is 599 g/mol. The molecule has 0 aliphatic rings. The second kappa shape index (κ2) is 11.9. The number of carbonyl (C=O) groups is 1. The van der Waals surface area contributed by atoms with Gasteiger partial charge in [-0.15, -0.1) is 0 Å². The highest BCUT2D eigenvalue weighted by Crippen LogP contribution is 2.31. The summed E-state index contributed by atoms with van der Waals surface area (Å²) < 4.78 is 44.0. The van der Waals surface area contributed by atoms with E-state index in [9.17, 15) is 27.6 Å². The van der Waals surface area contributed by atoms with Crippen LogP contribution >= 0.6 is 0 Å². The highest BCUT2D eigenvalue weighted by Gasteiger charge is 2.31. The minimum absolute atomic E-state index is 0.0454. The highest BCUT2D eigenvalue weighted by molar-refractivity contribution is 5.76. The quantitative estimate of drug-likeness (QED) is 0.286. The van der Waals surface area contributed by atoms with Gasteiger partial charge in [-0.05, 0) is 67.9 Å². The van der Waals surface area contributed by atoms with Crippen LogP contribution in [0, 0.1) is 18.3 Å². The zero-order chi connectivity index (χ0) is 31.6. The molecule has 0 fully saturated rings. The van der Waals surface area contributed by atoms with Crippen LogP contribution in [0.5, 0.6) is 0 Å². The zero-order valence-electron chi connectivity index (χ0n) is 23.5. The summed E-state index contributed by atoms with van der Waals surface area (Å²) in [5.74, 6) is -0.647. The van der Waals surface area contributed by atoms with Gasteiger partial charge in [-0.1, -0.05) is 36.4 Å². The van der Waals surface area contributed by atoms with Crippen LogP contribution in [0.1, 0.15) is 35.3 Å². The van der Waals surface area contributed by atoms with E-state index in [1.165, 1.54) is 29.9 Å². The van der Waals surface area contributed by atoms with Gasteiger partial charge in [-0.2, -0.15) is 23.5 Å². The lowest BCUT2D eigenvalue weighted by Gasteiger charge is -2.20. The van der Waals surface area contributed by atoms with Crippen LogP contribution in [-0.4, -0.2) is 24.8 Å². The molecule has 0 radical (unpaired) electrons. The van der Waals surface area contributed by atoms with Crippen LogP contribution in [0.2, 0.25) is 0 Å². The first kappa shape index (κ1) is 29.8. The maximum Gasteiger partial charge on any atom is 0.416 e.